The Morgan fingerprint density at radius 1 is 0.434 bits per heavy atom. The number of nitrogens with zero attached hydrogens (tertiary/aromatic N) is 2. The van der Waals surface area contributed by atoms with Crippen molar-refractivity contribution in [2.45, 2.75) is 307 Å². The van der Waals surface area contributed by atoms with Crippen LogP contribution in [0.25, 0.3) is 0 Å². The van der Waals surface area contributed by atoms with Crippen molar-refractivity contribution < 1.29 is 132 Å². The fourth-order valence-electron chi connectivity index (χ4n) is 17.9. The number of carbonyl (C=O) groups excluding carboxylic acids is 6. The van der Waals surface area contributed by atoms with Crippen LogP contribution in [0.3, 0.4) is 0 Å². The van der Waals surface area contributed by atoms with Crippen molar-refractivity contribution in [3.8, 4) is 0 Å². The Balaban J connectivity index is 0.780. The van der Waals surface area contributed by atoms with Crippen molar-refractivity contribution in [3.05, 3.63) is 71.8 Å². The lowest BCUT2D eigenvalue weighted by Gasteiger charge is -2.52. The van der Waals surface area contributed by atoms with Crippen LogP contribution >= 0.6 is 0 Å². The average Bonchev–Trinajstić information content (AvgIpc) is 0.764. The molecule has 632 valence electrons. The van der Waals surface area contributed by atoms with Crippen LogP contribution < -0.4 is 21.3 Å². The zero-order chi connectivity index (χ0) is 80.0. The molecule has 6 heterocycles. The van der Waals surface area contributed by atoms with Crippen LogP contribution in [0, 0.1) is 17.8 Å². The van der Waals surface area contributed by atoms with Gasteiger partial charge < -0.3 is 134 Å². The van der Waals surface area contributed by atoms with E-state index in [-0.39, 0.29) is 49.7 Å². The molecule has 33 heteroatoms. The first-order valence-corrected chi connectivity index (χ1v) is 41.2. The minimum Gasteiger partial charge on any atom is -0.394 e. The summed E-state index contributed by atoms with van der Waals surface area (Å²) >= 11 is 0. The number of benzene rings is 2. The molecule has 10 fully saturated rings. The average molecular weight is 1600 g/mol. The Bertz CT molecular complexity index is 3340. The number of hydrogen-bond acceptors (Lipinski definition) is 27. The number of ether oxygens (including phenoxy) is 11. The summed E-state index contributed by atoms with van der Waals surface area (Å²) in [6.45, 7) is 1.46. The SMILES string of the molecule is C[C@@H]1O[C@@H](O[C@@H]2[C@@H](NC(=O)c3ccccc3)CCC[C@H]2O[C@@H]2O[C@H](CO)[C@H](O)[C@H](O[C@@H](CC3CCCCC3)C(=O)N3CCC3)[C@H]2NC(=O)COCCOCC(=O)N[C@H]2C([C@@H]3CCC[C@H](NC(=O)c4ccccc4)[C@H]3O[C@@H]3O[C@@H](C)[C@@H](O)[C@@H](O)[C@@H]3O)O[C@H](CO)[C@H](O)[C@@H]2O[C@@H](CC2CCCCC2)C(=O)N2CCC2)[C@@H](O)[C@H](O)[C@@H]1O. The Morgan fingerprint density at radius 3 is 1.33 bits per heavy atom. The molecule has 28 atom stereocenters. The number of nitrogens with one attached hydrogen (secondary N) is 4. The zero-order valence-corrected chi connectivity index (χ0v) is 64.6. The monoisotopic (exact) mass is 1600 g/mol. The van der Waals surface area contributed by atoms with E-state index in [2.05, 4.69) is 21.3 Å². The zero-order valence-electron chi connectivity index (χ0n) is 64.6. The van der Waals surface area contributed by atoms with Crippen molar-refractivity contribution >= 4 is 35.4 Å². The van der Waals surface area contributed by atoms with Gasteiger partial charge in [-0.05, 0) is 108 Å². The lowest BCUT2D eigenvalue weighted by Crippen LogP contribution is -2.70. The summed E-state index contributed by atoms with van der Waals surface area (Å²) in [5, 5.41) is 125. The Labute approximate surface area is 658 Å². The number of amides is 6. The summed E-state index contributed by atoms with van der Waals surface area (Å²) in [5.41, 5.74) is 0.644. The van der Waals surface area contributed by atoms with Crippen LogP contribution in [-0.4, -0.2) is 327 Å². The predicted octanol–water partition coefficient (Wildman–Crippen LogP) is -0.507. The molecule has 12 rings (SSSR count). The fraction of sp³-hybridized carbons (Fsp3) is 0.775. The van der Waals surface area contributed by atoms with Crippen molar-refractivity contribution in [1.29, 1.82) is 0 Å². The quantitative estimate of drug-likeness (QED) is 0.0410. The summed E-state index contributed by atoms with van der Waals surface area (Å²) < 4.78 is 70.9. The van der Waals surface area contributed by atoms with Crippen molar-refractivity contribution in [2.75, 3.05) is 65.8 Å². The molecule has 10 aliphatic rings. The van der Waals surface area contributed by atoms with Crippen LogP contribution in [0.1, 0.15) is 163 Å². The summed E-state index contributed by atoms with van der Waals surface area (Å²) in [4.78, 5) is 89.9. The number of hydrogen-bond donors (Lipinski definition) is 14. The van der Waals surface area contributed by atoms with Gasteiger partial charge in [-0.1, -0.05) is 107 Å². The number of aliphatic hydroxyl groups excluding tert-OH is 10. The van der Waals surface area contributed by atoms with Gasteiger partial charge in [-0.25, -0.2) is 0 Å². The number of rotatable bonds is 32. The Kier molecular flexibility index (Phi) is 31.6. The molecular weight excluding hydrogens is 1480 g/mol. The highest BCUT2D eigenvalue weighted by molar-refractivity contribution is 5.95. The third-order valence-electron chi connectivity index (χ3n) is 24.6. The molecule has 113 heavy (non-hydrogen) atoms. The molecule has 0 radical (unpaired) electrons. The van der Waals surface area contributed by atoms with Gasteiger partial charge in [0.1, 0.15) is 111 Å². The maximum Gasteiger partial charge on any atom is 0.251 e. The first-order valence-electron chi connectivity index (χ1n) is 41.2. The number of carbonyl (C=O) groups is 6. The molecule has 6 amide bonds. The molecular formula is C80H120N6O27. The minimum atomic E-state index is -1.79. The van der Waals surface area contributed by atoms with Crippen molar-refractivity contribution in [1.82, 2.24) is 31.1 Å². The molecule has 33 nitrogen and oxygen atoms in total. The molecule has 6 aliphatic heterocycles. The van der Waals surface area contributed by atoms with E-state index in [1.807, 2.05) is 0 Å². The first kappa shape index (κ1) is 86.8. The van der Waals surface area contributed by atoms with E-state index in [1.165, 1.54) is 13.8 Å². The highest BCUT2D eigenvalue weighted by Crippen LogP contribution is 2.42. The third kappa shape index (κ3) is 21.7. The lowest BCUT2D eigenvalue weighted by atomic mass is 9.74. The van der Waals surface area contributed by atoms with E-state index in [9.17, 15) is 79.8 Å². The summed E-state index contributed by atoms with van der Waals surface area (Å²) in [6.07, 6.45) is -19.5. The van der Waals surface area contributed by atoms with Crippen molar-refractivity contribution in [2.24, 2.45) is 17.8 Å². The number of aliphatic hydroxyl groups is 10. The Hall–Kier alpha value is -5.58. The second kappa shape index (κ2) is 41.2. The maximum absolute atomic E-state index is 14.8. The van der Waals surface area contributed by atoms with Crippen LogP contribution in [0.15, 0.2) is 60.7 Å². The van der Waals surface area contributed by atoms with Gasteiger partial charge in [0.15, 0.2) is 18.9 Å². The summed E-state index contributed by atoms with van der Waals surface area (Å²) in [6, 6.07) is 12.2. The molecule has 2 aromatic rings. The fourth-order valence-corrected chi connectivity index (χ4v) is 17.9. The second-order valence-corrected chi connectivity index (χ2v) is 32.5. The van der Waals surface area contributed by atoms with E-state index in [0.717, 1.165) is 77.0 Å². The molecule has 0 aromatic heterocycles. The largest absolute Gasteiger partial charge is 0.394 e. The van der Waals surface area contributed by atoms with Crippen LogP contribution in [0.4, 0.5) is 0 Å². The van der Waals surface area contributed by atoms with E-state index in [4.69, 9.17) is 52.1 Å². The topological polar surface area (TPSA) is 461 Å². The van der Waals surface area contributed by atoms with Gasteiger partial charge in [0.25, 0.3) is 23.6 Å². The molecule has 1 unspecified atom stereocenters. The number of likely N-dealkylation sites (tertiary alicyclic amines) is 2. The van der Waals surface area contributed by atoms with Gasteiger partial charge in [0, 0.05) is 43.2 Å². The van der Waals surface area contributed by atoms with Crippen LogP contribution in [0.2, 0.25) is 0 Å². The molecule has 4 saturated carbocycles. The summed E-state index contributed by atoms with van der Waals surface area (Å²) in [7, 11) is 0. The van der Waals surface area contributed by atoms with Gasteiger partial charge in [0.05, 0.1) is 75.1 Å². The molecule has 6 saturated heterocycles. The van der Waals surface area contributed by atoms with E-state index in [0.29, 0.717) is 75.8 Å². The normalized spacial score (nSPS) is 37.2. The van der Waals surface area contributed by atoms with Crippen LogP contribution in [-0.2, 0) is 71.3 Å². The molecule has 2 aromatic carbocycles. The molecule has 0 bridgehead atoms. The van der Waals surface area contributed by atoms with Gasteiger partial charge in [-0.2, -0.15) is 0 Å². The van der Waals surface area contributed by atoms with E-state index < -0.39 is 221 Å². The third-order valence-corrected chi connectivity index (χ3v) is 24.6. The Morgan fingerprint density at radius 2 is 0.867 bits per heavy atom. The lowest BCUT2D eigenvalue weighted by molar-refractivity contribution is -0.334. The second-order valence-electron chi connectivity index (χ2n) is 32.5. The maximum atomic E-state index is 14.8. The predicted molar refractivity (Wildman–Crippen MR) is 397 cm³/mol. The van der Waals surface area contributed by atoms with Gasteiger partial charge in [-0.15, -0.1) is 0 Å². The van der Waals surface area contributed by atoms with E-state index in [1.54, 1.807) is 70.5 Å². The van der Waals surface area contributed by atoms with E-state index >= 15 is 0 Å². The molecule has 14 N–H and O–H groups in total. The first-order chi connectivity index (χ1) is 54.6. The van der Waals surface area contributed by atoms with Crippen molar-refractivity contribution in [3.63, 3.8) is 0 Å². The summed E-state index contributed by atoms with van der Waals surface area (Å²) in [5.74, 6) is -3.83. The smallest absolute Gasteiger partial charge is 0.251 e. The standard InChI is InChI=1S/C80H120N6O27/c1-43-61(91)65(95)67(97)79(105-43)112-69-49(27-15-28-50(69)81-74(99)47-23-11-5-12-24-47)70-59(72(63(93)55(39-87)109-70)107-53(76(101)85-31-17-32-85)37-45-19-7-3-8-20-45)83-57(89)41-103-35-36-104-42-58(90)84-60-73(108-54(77(102)86-33-18-34-86)38-46-21-9-4-10-22-46)64(94)56(40-88)111-78(60)110-52-30-16-29-51(82-75(100)48-25-13-6-14-26-48)71(52)113-80-68(98)66(96)62(92)44(2)106-80/h5-6,11-14,23-26,43-46,49-56,59-73,78-80,87-88,91-98H,3-4,7-10,15-22,27-42H2,1-2H3,(H,81,99)(H,82,100)(H,83,89)(H,84,90)/t43-,44-,49+,50-,51-,52+,53-,54-,55+,56+,59-,60+,61+,62+,63-,64-,65+,66+,67-,68-,69-,70?,71+,72+,73+,78+,79-,80-/m0/s1. The molecule has 0 spiro atoms. The van der Waals surface area contributed by atoms with Gasteiger partial charge in [-0.3, -0.25) is 28.8 Å². The minimum absolute atomic E-state index is 0.0911. The van der Waals surface area contributed by atoms with Gasteiger partial charge >= 0.3 is 0 Å². The molecule has 4 aliphatic carbocycles. The van der Waals surface area contributed by atoms with Crippen LogP contribution in [0.5, 0.6) is 0 Å². The highest BCUT2D eigenvalue weighted by Gasteiger charge is 2.57. The highest BCUT2D eigenvalue weighted by atomic mass is 16.7. The van der Waals surface area contributed by atoms with Gasteiger partial charge in [0.2, 0.25) is 11.8 Å².